The first-order chi connectivity index (χ1) is 4.61. The molecule has 1 unspecified atom stereocenters. The highest BCUT2D eigenvalue weighted by Gasteiger charge is 2.13. The summed E-state index contributed by atoms with van der Waals surface area (Å²) in [6.45, 7) is 6.15. The van der Waals surface area contributed by atoms with Gasteiger partial charge in [-0.15, -0.1) is 0 Å². The molecule has 56 valence electrons. The van der Waals surface area contributed by atoms with Crippen LogP contribution >= 0.6 is 0 Å². The summed E-state index contributed by atoms with van der Waals surface area (Å²) < 4.78 is 0. The molecule has 0 aromatic carbocycles. The third-order valence-corrected chi connectivity index (χ3v) is 1.91. The molecule has 2 N–H and O–H groups in total. The van der Waals surface area contributed by atoms with Crippen LogP contribution in [0.2, 0.25) is 0 Å². The summed E-state index contributed by atoms with van der Waals surface area (Å²) in [5.41, 5.74) is 8.90. The van der Waals surface area contributed by atoms with Gasteiger partial charge in [-0.2, -0.15) is 0 Å². The number of aliphatic imine (C=N–C) groups is 1. The molecule has 1 rings (SSSR count). The molecule has 10 heavy (non-hydrogen) atoms. The molecule has 0 saturated heterocycles. The third kappa shape index (κ3) is 1.20. The van der Waals surface area contributed by atoms with Gasteiger partial charge in [0.25, 0.3) is 0 Å². The van der Waals surface area contributed by atoms with E-state index in [4.69, 9.17) is 5.73 Å². The molecule has 0 bridgehead atoms. The van der Waals surface area contributed by atoms with Crippen molar-refractivity contribution in [2.75, 3.05) is 0 Å². The molecule has 0 aromatic heterocycles. The highest BCUT2D eigenvalue weighted by Crippen LogP contribution is 2.20. The van der Waals surface area contributed by atoms with Crippen LogP contribution in [-0.2, 0) is 0 Å². The fourth-order valence-corrected chi connectivity index (χ4v) is 1.31. The summed E-state index contributed by atoms with van der Waals surface area (Å²) in [5.74, 6) is 0.484. The topological polar surface area (TPSA) is 38.4 Å². The van der Waals surface area contributed by atoms with E-state index in [-0.39, 0.29) is 0 Å². The lowest BCUT2D eigenvalue weighted by Gasteiger charge is -2.18. The van der Waals surface area contributed by atoms with Crippen LogP contribution < -0.4 is 5.73 Å². The second kappa shape index (κ2) is 2.45. The molecular weight excluding hydrogens is 124 g/mol. The van der Waals surface area contributed by atoms with Gasteiger partial charge >= 0.3 is 0 Å². The van der Waals surface area contributed by atoms with Gasteiger partial charge in [0.05, 0.1) is 5.70 Å². The summed E-state index contributed by atoms with van der Waals surface area (Å²) in [6, 6.07) is 0. The number of nitrogens with zero attached hydrogens (tertiary/aromatic N) is 1. The van der Waals surface area contributed by atoms with Crippen LogP contribution in [0.4, 0.5) is 0 Å². The van der Waals surface area contributed by atoms with E-state index in [9.17, 15) is 0 Å². The molecule has 1 aliphatic heterocycles. The van der Waals surface area contributed by atoms with Gasteiger partial charge in [-0.3, -0.25) is 4.99 Å². The lowest BCUT2D eigenvalue weighted by molar-refractivity contribution is 0.677. The Balaban J connectivity index is 2.92. The lowest BCUT2D eigenvalue weighted by atomic mass is 9.97. The van der Waals surface area contributed by atoms with Crippen LogP contribution in [0.5, 0.6) is 0 Å². The van der Waals surface area contributed by atoms with E-state index in [0.29, 0.717) is 5.92 Å². The van der Waals surface area contributed by atoms with Crippen molar-refractivity contribution in [1.29, 1.82) is 0 Å². The van der Waals surface area contributed by atoms with E-state index in [1.54, 1.807) is 0 Å². The molecule has 2 heteroatoms. The van der Waals surface area contributed by atoms with Gasteiger partial charge in [-0.25, -0.2) is 0 Å². The molecule has 0 amide bonds. The minimum atomic E-state index is 0.484. The average molecular weight is 138 g/mol. The van der Waals surface area contributed by atoms with Crippen molar-refractivity contribution in [2.45, 2.75) is 27.2 Å². The van der Waals surface area contributed by atoms with Crippen LogP contribution in [0.25, 0.3) is 0 Å². The van der Waals surface area contributed by atoms with Gasteiger partial charge in [-0.1, -0.05) is 6.92 Å². The van der Waals surface area contributed by atoms with Crippen LogP contribution in [0.3, 0.4) is 0 Å². The van der Waals surface area contributed by atoms with Crippen molar-refractivity contribution >= 4 is 5.71 Å². The first-order valence-electron chi connectivity index (χ1n) is 3.61. The molecule has 0 saturated carbocycles. The predicted octanol–water partition coefficient (Wildman–Crippen LogP) is 1.68. The van der Waals surface area contributed by atoms with E-state index >= 15 is 0 Å². The van der Waals surface area contributed by atoms with Crippen molar-refractivity contribution in [3.63, 3.8) is 0 Å². The summed E-state index contributed by atoms with van der Waals surface area (Å²) in [4.78, 5) is 4.29. The van der Waals surface area contributed by atoms with Gasteiger partial charge in [0.2, 0.25) is 0 Å². The van der Waals surface area contributed by atoms with Crippen LogP contribution in [0.1, 0.15) is 27.2 Å². The molecule has 0 aliphatic carbocycles. The SMILES string of the molecule is CC1=NC(C)=C(N)C(C)C1. The molecule has 0 aromatic rings. The van der Waals surface area contributed by atoms with E-state index in [2.05, 4.69) is 11.9 Å². The standard InChI is InChI=1S/C8H14N2/c1-5-4-6(2)10-7(3)8(5)9/h5H,4,9H2,1-3H3. The molecule has 0 fully saturated rings. The summed E-state index contributed by atoms with van der Waals surface area (Å²) in [7, 11) is 0. The normalized spacial score (nSPS) is 26.7. The van der Waals surface area contributed by atoms with Crippen molar-refractivity contribution in [3.05, 3.63) is 11.4 Å². The zero-order valence-electron chi connectivity index (χ0n) is 6.81. The minimum Gasteiger partial charge on any atom is -0.400 e. The smallest absolute Gasteiger partial charge is 0.0561 e. The second-order valence-electron chi connectivity index (χ2n) is 2.99. The van der Waals surface area contributed by atoms with Crippen molar-refractivity contribution in [1.82, 2.24) is 0 Å². The Morgan fingerprint density at radius 2 is 2.10 bits per heavy atom. The van der Waals surface area contributed by atoms with Crippen LogP contribution in [-0.4, -0.2) is 5.71 Å². The van der Waals surface area contributed by atoms with Crippen molar-refractivity contribution < 1.29 is 0 Å². The van der Waals surface area contributed by atoms with E-state index in [0.717, 1.165) is 17.8 Å². The average Bonchev–Trinajstić information content (AvgIpc) is 1.82. The number of nitrogens with two attached hydrogens (primary N) is 1. The van der Waals surface area contributed by atoms with Crippen LogP contribution in [0.15, 0.2) is 16.4 Å². The summed E-state index contributed by atoms with van der Waals surface area (Å²) in [6.07, 6.45) is 1.02. The highest BCUT2D eigenvalue weighted by atomic mass is 14.8. The molecule has 1 heterocycles. The Morgan fingerprint density at radius 3 is 2.60 bits per heavy atom. The Hall–Kier alpha value is -0.790. The third-order valence-electron chi connectivity index (χ3n) is 1.91. The van der Waals surface area contributed by atoms with E-state index in [1.807, 2.05) is 13.8 Å². The first kappa shape index (κ1) is 7.32. The first-order valence-corrected chi connectivity index (χ1v) is 3.61. The van der Waals surface area contributed by atoms with Gasteiger partial charge in [-0.05, 0) is 20.3 Å². The summed E-state index contributed by atoms with van der Waals surface area (Å²) >= 11 is 0. The lowest BCUT2D eigenvalue weighted by Crippen LogP contribution is -2.17. The largest absolute Gasteiger partial charge is 0.400 e. The van der Waals surface area contributed by atoms with Crippen molar-refractivity contribution in [2.24, 2.45) is 16.6 Å². The fourth-order valence-electron chi connectivity index (χ4n) is 1.31. The number of hydrogen-bond acceptors (Lipinski definition) is 2. The van der Waals surface area contributed by atoms with Gasteiger partial charge in [0.1, 0.15) is 0 Å². The Morgan fingerprint density at radius 1 is 1.50 bits per heavy atom. The number of hydrogen-bond donors (Lipinski definition) is 1. The molecule has 1 aliphatic rings. The zero-order valence-corrected chi connectivity index (χ0v) is 6.81. The zero-order chi connectivity index (χ0) is 7.72. The summed E-state index contributed by atoms with van der Waals surface area (Å²) in [5, 5.41) is 0. The Labute approximate surface area is 61.8 Å². The van der Waals surface area contributed by atoms with Gasteiger partial charge < -0.3 is 5.73 Å². The van der Waals surface area contributed by atoms with Crippen molar-refractivity contribution in [3.8, 4) is 0 Å². The maximum Gasteiger partial charge on any atom is 0.0561 e. The monoisotopic (exact) mass is 138 g/mol. The van der Waals surface area contributed by atoms with E-state index < -0.39 is 0 Å². The van der Waals surface area contributed by atoms with E-state index in [1.165, 1.54) is 5.71 Å². The fraction of sp³-hybridized carbons (Fsp3) is 0.625. The maximum absolute atomic E-state index is 5.76. The number of rotatable bonds is 0. The molecule has 1 atom stereocenters. The predicted molar refractivity (Wildman–Crippen MR) is 43.8 cm³/mol. The maximum atomic E-state index is 5.76. The minimum absolute atomic E-state index is 0.484. The second-order valence-corrected chi connectivity index (χ2v) is 2.99. The van der Waals surface area contributed by atoms with Crippen LogP contribution in [0, 0.1) is 5.92 Å². The quantitative estimate of drug-likeness (QED) is 0.543. The Kier molecular flexibility index (Phi) is 1.79. The molecule has 0 radical (unpaired) electrons. The van der Waals surface area contributed by atoms with Gasteiger partial charge in [0.15, 0.2) is 0 Å². The molecular formula is C8H14N2. The highest BCUT2D eigenvalue weighted by molar-refractivity contribution is 5.84. The Bertz CT molecular complexity index is 201. The molecule has 2 nitrogen and oxygen atoms in total. The van der Waals surface area contributed by atoms with Gasteiger partial charge in [0, 0.05) is 17.3 Å². The molecule has 0 spiro atoms. The number of allylic oxidation sites excluding steroid dienone is 2.